The Balaban J connectivity index is 2.17. The molecule has 1 aliphatic heterocycles. The summed E-state index contributed by atoms with van der Waals surface area (Å²) in [4.78, 5) is 0. The highest BCUT2D eigenvalue weighted by Gasteiger charge is 2.34. The van der Waals surface area contributed by atoms with Crippen molar-refractivity contribution < 1.29 is 0 Å². The molecule has 74 valence electrons. The number of anilines is 2. The summed E-state index contributed by atoms with van der Waals surface area (Å²) in [6, 6.07) is 4.14. The first-order chi connectivity index (χ1) is 6.75. The molecule has 1 heterocycles. The third kappa shape index (κ3) is 0.960. The van der Waals surface area contributed by atoms with Crippen LogP contribution in [0.2, 0.25) is 0 Å². The number of piperidine rings is 1. The minimum absolute atomic E-state index is 0.659. The molecule has 2 bridgehead atoms. The summed E-state index contributed by atoms with van der Waals surface area (Å²) in [5.41, 5.74) is 16.0. The van der Waals surface area contributed by atoms with Gasteiger partial charge in [0.2, 0.25) is 0 Å². The van der Waals surface area contributed by atoms with Crippen LogP contribution in [0.4, 0.5) is 11.4 Å². The molecular weight excluding hydrogens is 174 g/mol. The fourth-order valence-electron chi connectivity index (χ4n) is 2.79. The SMILES string of the molecule is Nc1cc2c(cc1N)[C@H]1CNC[C@@H]2C1. The first-order valence-electron chi connectivity index (χ1n) is 5.15. The fraction of sp³-hybridized carbons (Fsp3) is 0.455. The maximum Gasteiger partial charge on any atom is 0.0550 e. The van der Waals surface area contributed by atoms with Gasteiger partial charge in [-0.15, -0.1) is 0 Å². The van der Waals surface area contributed by atoms with E-state index >= 15 is 0 Å². The van der Waals surface area contributed by atoms with Crippen LogP contribution in [-0.4, -0.2) is 13.1 Å². The van der Waals surface area contributed by atoms with E-state index in [-0.39, 0.29) is 0 Å². The molecule has 1 aromatic rings. The molecule has 1 aromatic carbocycles. The van der Waals surface area contributed by atoms with Crippen molar-refractivity contribution in [2.75, 3.05) is 24.6 Å². The molecule has 0 aromatic heterocycles. The molecule has 3 heteroatoms. The van der Waals surface area contributed by atoms with Crippen molar-refractivity contribution in [1.29, 1.82) is 0 Å². The molecule has 0 amide bonds. The normalized spacial score (nSPS) is 28.9. The molecular formula is C11H15N3. The van der Waals surface area contributed by atoms with Crippen LogP contribution in [0, 0.1) is 0 Å². The van der Waals surface area contributed by atoms with E-state index in [4.69, 9.17) is 11.5 Å². The zero-order chi connectivity index (χ0) is 9.71. The van der Waals surface area contributed by atoms with Gasteiger partial charge in [0, 0.05) is 13.1 Å². The van der Waals surface area contributed by atoms with Crippen LogP contribution in [0.3, 0.4) is 0 Å². The Hall–Kier alpha value is -1.22. The Kier molecular flexibility index (Phi) is 1.53. The van der Waals surface area contributed by atoms with Crippen molar-refractivity contribution in [2.24, 2.45) is 0 Å². The Labute approximate surface area is 83.5 Å². The number of rotatable bonds is 0. The molecule has 0 spiro atoms. The van der Waals surface area contributed by atoms with Crippen molar-refractivity contribution in [2.45, 2.75) is 18.3 Å². The molecule has 0 radical (unpaired) electrons. The average molecular weight is 189 g/mol. The van der Waals surface area contributed by atoms with Crippen molar-refractivity contribution in [3.05, 3.63) is 23.3 Å². The standard InChI is InChI=1S/C11H15N3/c12-10-2-8-6-1-7(5-14-4-6)9(8)3-11(10)13/h2-3,6-7,14H,1,4-5,12-13H2/t6-,7+. The quantitative estimate of drug-likeness (QED) is 0.534. The van der Waals surface area contributed by atoms with Crippen LogP contribution in [0.1, 0.15) is 29.4 Å². The lowest BCUT2D eigenvalue weighted by molar-refractivity contribution is 0.454. The fourth-order valence-corrected chi connectivity index (χ4v) is 2.79. The predicted octanol–water partition coefficient (Wildman–Crippen LogP) is 1.03. The van der Waals surface area contributed by atoms with E-state index < -0.39 is 0 Å². The minimum Gasteiger partial charge on any atom is -0.397 e. The third-order valence-electron chi connectivity index (χ3n) is 3.52. The molecule has 14 heavy (non-hydrogen) atoms. The van der Waals surface area contributed by atoms with Crippen LogP contribution in [0.5, 0.6) is 0 Å². The molecule has 2 atom stereocenters. The monoisotopic (exact) mass is 189 g/mol. The van der Waals surface area contributed by atoms with Gasteiger partial charge in [0.15, 0.2) is 0 Å². The highest BCUT2D eigenvalue weighted by Crippen LogP contribution is 2.45. The van der Waals surface area contributed by atoms with Gasteiger partial charge in [-0.1, -0.05) is 0 Å². The number of nitrogen functional groups attached to an aromatic ring is 2. The lowest BCUT2D eigenvalue weighted by atomic mass is 9.98. The smallest absolute Gasteiger partial charge is 0.0550 e. The van der Waals surface area contributed by atoms with Crippen LogP contribution in [0.15, 0.2) is 12.1 Å². The zero-order valence-electron chi connectivity index (χ0n) is 8.09. The van der Waals surface area contributed by atoms with Gasteiger partial charge in [0.1, 0.15) is 0 Å². The van der Waals surface area contributed by atoms with Crippen molar-refractivity contribution in [3.63, 3.8) is 0 Å². The maximum atomic E-state index is 5.83. The number of fused-ring (bicyclic) bond motifs is 5. The van der Waals surface area contributed by atoms with Crippen LogP contribution < -0.4 is 16.8 Å². The van der Waals surface area contributed by atoms with Crippen molar-refractivity contribution >= 4 is 11.4 Å². The minimum atomic E-state index is 0.659. The van der Waals surface area contributed by atoms with Gasteiger partial charge in [0.25, 0.3) is 0 Å². The summed E-state index contributed by atoms with van der Waals surface area (Å²) in [5.74, 6) is 1.32. The van der Waals surface area contributed by atoms with Crippen molar-refractivity contribution in [3.8, 4) is 0 Å². The summed E-state index contributed by atoms with van der Waals surface area (Å²) in [6.45, 7) is 2.18. The second-order valence-electron chi connectivity index (χ2n) is 4.40. The van der Waals surface area contributed by atoms with E-state index in [1.54, 1.807) is 0 Å². The molecule has 2 aliphatic rings. The van der Waals surface area contributed by atoms with Gasteiger partial charge in [0.05, 0.1) is 11.4 Å². The zero-order valence-corrected chi connectivity index (χ0v) is 8.09. The van der Waals surface area contributed by atoms with Gasteiger partial charge in [-0.2, -0.15) is 0 Å². The molecule has 1 saturated heterocycles. The first-order valence-corrected chi connectivity index (χ1v) is 5.15. The van der Waals surface area contributed by atoms with Gasteiger partial charge in [-0.3, -0.25) is 0 Å². The van der Waals surface area contributed by atoms with Gasteiger partial charge >= 0.3 is 0 Å². The number of hydrogen-bond donors (Lipinski definition) is 3. The Morgan fingerprint density at radius 3 is 2.00 bits per heavy atom. The molecule has 3 rings (SSSR count). The third-order valence-corrected chi connectivity index (χ3v) is 3.52. The molecule has 1 aliphatic carbocycles. The first kappa shape index (κ1) is 8.12. The summed E-state index contributed by atoms with van der Waals surface area (Å²) < 4.78 is 0. The summed E-state index contributed by atoms with van der Waals surface area (Å²) >= 11 is 0. The highest BCUT2D eigenvalue weighted by atomic mass is 14.9. The van der Waals surface area contributed by atoms with E-state index in [2.05, 4.69) is 17.4 Å². The molecule has 0 unspecified atom stereocenters. The second kappa shape index (κ2) is 2.64. The lowest BCUT2D eigenvalue weighted by Crippen LogP contribution is -2.28. The topological polar surface area (TPSA) is 64.1 Å². The van der Waals surface area contributed by atoms with Crippen LogP contribution in [-0.2, 0) is 0 Å². The maximum absolute atomic E-state index is 5.83. The molecule has 0 saturated carbocycles. The van der Waals surface area contributed by atoms with E-state index in [1.807, 2.05) is 0 Å². The van der Waals surface area contributed by atoms with Crippen LogP contribution >= 0.6 is 0 Å². The van der Waals surface area contributed by atoms with Crippen molar-refractivity contribution in [1.82, 2.24) is 5.32 Å². The lowest BCUT2D eigenvalue weighted by Gasteiger charge is -2.19. The molecule has 1 fully saturated rings. The molecule has 3 nitrogen and oxygen atoms in total. The Bertz CT molecular complexity index is 351. The van der Waals surface area contributed by atoms with Gasteiger partial charge < -0.3 is 16.8 Å². The van der Waals surface area contributed by atoms with Gasteiger partial charge in [-0.25, -0.2) is 0 Å². The van der Waals surface area contributed by atoms with Crippen LogP contribution in [0.25, 0.3) is 0 Å². The molecule has 5 N–H and O–H groups in total. The number of benzene rings is 1. The van der Waals surface area contributed by atoms with E-state index in [9.17, 15) is 0 Å². The van der Waals surface area contributed by atoms with E-state index in [0.29, 0.717) is 11.8 Å². The number of nitrogens with two attached hydrogens (primary N) is 2. The largest absolute Gasteiger partial charge is 0.397 e. The summed E-state index contributed by atoms with van der Waals surface area (Å²) in [7, 11) is 0. The van der Waals surface area contributed by atoms with E-state index in [1.165, 1.54) is 17.5 Å². The number of hydrogen-bond acceptors (Lipinski definition) is 3. The second-order valence-corrected chi connectivity index (χ2v) is 4.40. The van der Waals surface area contributed by atoms with Gasteiger partial charge in [-0.05, 0) is 41.5 Å². The highest BCUT2D eigenvalue weighted by molar-refractivity contribution is 5.68. The Morgan fingerprint density at radius 2 is 1.50 bits per heavy atom. The predicted molar refractivity (Wildman–Crippen MR) is 58.2 cm³/mol. The average Bonchev–Trinajstić information content (AvgIpc) is 2.42. The number of nitrogens with one attached hydrogen (secondary N) is 1. The Morgan fingerprint density at radius 1 is 1.00 bits per heavy atom. The summed E-state index contributed by atoms with van der Waals surface area (Å²) in [5, 5.41) is 3.45. The summed E-state index contributed by atoms with van der Waals surface area (Å²) in [6.07, 6.45) is 1.27. The van der Waals surface area contributed by atoms with E-state index in [0.717, 1.165) is 24.5 Å².